The van der Waals surface area contributed by atoms with E-state index in [0.717, 1.165) is 16.5 Å². The molecule has 0 spiro atoms. The highest BCUT2D eigenvalue weighted by Gasteiger charge is 2.07. The largest absolute Gasteiger partial charge is 0.496 e. The van der Waals surface area contributed by atoms with Crippen LogP contribution in [0.15, 0.2) is 28.7 Å². The maximum atomic E-state index is 12.0. The van der Waals surface area contributed by atoms with Crippen molar-refractivity contribution < 1.29 is 9.53 Å². The third-order valence-corrected chi connectivity index (χ3v) is 3.64. The number of rotatable bonds is 6. The number of hydrogen-bond acceptors (Lipinski definition) is 6. The fraction of sp³-hybridized carbons (Fsp3) is 0.267. The lowest BCUT2D eigenvalue weighted by Crippen LogP contribution is -2.33. The van der Waals surface area contributed by atoms with Crippen LogP contribution < -0.4 is 15.4 Å². The predicted octanol–water partition coefficient (Wildman–Crippen LogP) is 2.38. The van der Waals surface area contributed by atoms with Gasteiger partial charge in [-0.15, -0.1) is 5.10 Å². The first-order valence-electron chi connectivity index (χ1n) is 7.43. The van der Waals surface area contributed by atoms with E-state index >= 15 is 0 Å². The van der Waals surface area contributed by atoms with Gasteiger partial charge in [0.2, 0.25) is 5.91 Å². The third-order valence-electron chi connectivity index (χ3n) is 2.94. The van der Waals surface area contributed by atoms with Crippen LogP contribution in [0.3, 0.4) is 0 Å². The number of tetrazole rings is 1. The number of nitrogens with one attached hydrogen (secondary N) is 2. The molecule has 0 saturated carbocycles. The number of methoxy groups -OCH3 is 1. The van der Waals surface area contributed by atoms with Crippen molar-refractivity contribution in [1.82, 2.24) is 25.5 Å². The molecular formula is C15H17BrN6O2S. The summed E-state index contributed by atoms with van der Waals surface area (Å²) in [5.74, 6) is 0.501. The van der Waals surface area contributed by atoms with Crippen molar-refractivity contribution in [2.24, 2.45) is 0 Å². The lowest BCUT2D eigenvalue weighted by molar-refractivity contribution is -0.115. The van der Waals surface area contributed by atoms with E-state index in [1.54, 1.807) is 19.3 Å². The number of carbonyl (C=O) groups is 1. The topological polar surface area (TPSA) is 94.0 Å². The number of aromatic nitrogens is 4. The predicted molar refractivity (Wildman–Crippen MR) is 102 cm³/mol. The molecule has 1 amide bonds. The maximum Gasteiger partial charge on any atom is 0.269 e. The normalized spacial score (nSPS) is 10.7. The van der Waals surface area contributed by atoms with Crippen LogP contribution in [-0.4, -0.2) is 38.3 Å². The Labute approximate surface area is 158 Å². The van der Waals surface area contributed by atoms with E-state index in [-0.39, 0.29) is 17.0 Å². The molecule has 1 aromatic heterocycles. The zero-order chi connectivity index (χ0) is 18.2. The first kappa shape index (κ1) is 19.0. The Hall–Kier alpha value is -2.33. The third kappa shape index (κ3) is 5.91. The second-order valence-electron chi connectivity index (χ2n) is 4.87. The van der Waals surface area contributed by atoms with Gasteiger partial charge in [-0.1, -0.05) is 28.0 Å². The summed E-state index contributed by atoms with van der Waals surface area (Å²) in [6, 6.07) is 5.50. The molecule has 1 aromatic carbocycles. The number of hydrogen-bond donors (Lipinski definition) is 2. The van der Waals surface area contributed by atoms with E-state index in [0.29, 0.717) is 12.3 Å². The molecule has 1 heterocycles. The Morgan fingerprint density at radius 1 is 1.48 bits per heavy atom. The summed E-state index contributed by atoms with van der Waals surface area (Å²) in [5, 5.41) is 17.0. The molecule has 0 fully saturated rings. The monoisotopic (exact) mass is 424 g/mol. The van der Waals surface area contributed by atoms with Crippen LogP contribution >= 0.6 is 28.1 Å². The molecule has 0 unspecified atom stereocenters. The van der Waals surface area contributed by atoms with Crippen LogP contribution in [0.4, 0.5) is 5.95 Å². The van der Waals surface area contributed by atoms with E-state index in [1.807, 2.05) is 19.1 Å². The second kappa shape index (κ2) is 9.23. The fourth-order valence-electron chi connectivity index (χ4n) is 1.88. The smallest absolute Gasteiger partial charge is 0.269 e. The van der Waals surface area contributed by atoms with Gasteiger partial charge in [0, 0.05) is 16.1 Å². The van der Waals surface area contributed by atoms with Gasteiger partial charge >= 0.3 is 0 Å². The van der Waals surface area contributed by atoms with Crippen LogP contribution in [-0.2, 0) is 11.3 Å². The van der Waals surface area contributed by atoms with Gasteiger partial charge in [0.05, 0.1) is 13.7 Å². The lowest BCUT2D eigenvalue weighted by Gasteiger charge is -2.06. The molecule has 132 valence electrons. The molecule has 10 heteroatoms. The average molecular weight is 425 g/mol. The molecule has 2 aromatic rings. The van der Waals surface area contributed by atoms with Gasteiger partial charge in [-0.05, 0) is 48.1 Å². The minimum Gasteiger partial charge on any atom is -0.496 e. The average Bonchev–Trinajstić information content (AvgIpc) is 3.00. The minimum absolute atomic E-state index is 0.0897. The summed E-state index contributed by atoms with van der Waals surface area (Å²) < 4.78 is 6.13. The molecule has 25 heavy (non-hydrogen) atoms. The summed E-state index contributed by atoms with van der Waals surface area (Å²) in [4.78, 5) is 13.4. The van der Waals surface area contributed by atoms with Crippen molar-refractivity contribution >= 4 is 51.2 Å². The number of ether oxygens (including phenoxy) is 1. The van der Waals surface area contributed by atoms with Crippen molar-refractivity contribution in [3.05, 3.63) is 34.3 Å². The fourth-order valence-corrected chi connectivity index (χ4v) is 2.45. The molecule has 2 rings (SSSR count). The minimum atomic E-state index is -0.388. The summed E-state index contributed by atoms with van der Waals surface area (Å²) in [6.45, 7) is 2.67. The van der Waals surface area contributed by atoms with E-state index in [1.165, 1.54) is 10.9 Å². The summed E-state index contributed by atoms with van der Waals surface area (Å²) in [6.07, 6.45) is 3.89. The molecule has 0 aliphatic heterocycles. The molecule has 0 bridgehead atoms. The highest BCUT2D eigenvalue weighted by molar-refractivity contribution is 9.10. The molecule has 2 N–H and O–H groups in total. The first-order chi connectivity index (χ1) is 12.0. The molecule has 0 saturated heterocycles. The molecule has 8 nitrogen and oxygen atoms in total. The number of thiocarbonyl (C=S) groups is 1. The zero-order valence-corrected chi connectivity index (χ0v) is 16.1. The number of aryl methyl sites for hydroxylation is 1. The number of benzene rings is 1. The van der Waals surface area contributed by atoms with Crippen LogP contribution in [0.25, 0.3) is 6.08 Å². The van der Waals surface area contributed by atoms with Crippen molar-refractivity contribution in [3.63, 3.8) is 0 Å². The van der Waals surface area contributed by atoms with E-state index in [9.17, 15) is 4.79 Å². The molecule has 0 radical (unpaired) electrons. The highest BCUT2D eigenvalue weighted by Crippen LogP contribution is 2.23. The number of carbonyl (C=O) groups excluding carboxylic acids is 1. The Morgan fingerprint density at radius 3 is 3.00 bits per heavy atom. The lowest BCUT2D eigenvalue weighted by atomic mass is 10.2. The second-order valence-corrected chi connectivity index (χ2v) is 6.20. The Morgan fingerprint density at radius 2 is 2.28 bits per heavy atom. The van der Waals surface area contributed by atoms with Crippen molar-refractivity contribution in [2.75, 3.05) is 12.4 Å². The molecule has 0 aliphatic rings. The van der Waals surface area contributed by atoms with Gasteiger partial charge in [0.25, 0.3) is 5.95 Å². The zero-order valence-electron chi connectivity index (χ0n) is 13.7. The van der Waals surface area contributed by atoms with Crippen LogP contribution in [0.1, 0.15) is 18.9 Å². The SMILES string of the molecule is CCCn1nnc(NC(=S)NC(=O)/C=C/c2cc(Br)ccc2OC)n1. The number of anilines is 1. The van der Waals surface area contributed by atoms with Crippen LogP contribution in [0.2, 0.25) is 0 Å². The number of amides is 1. The molecule has 0 atom stereocenters. The van der Waals surface area contributed by atoms with Crippen LogP contribution in [0.5, 0.6) is 5.75 Å². The van der Waals surface area contributed by atoms with Gasteiger partial charge < -0.3 is 4.74 Å². The maximum absolute atomic E-state index is 12.0. The summed E-state index contributed by atoms with van der Waals surface area (Å²) in [7, 11) is 1.57. The van der Waals surface area contributed by atoms with E-state index in [2.05, 4.69) is 42.0 Å². The van der Waals surface area contributed by atoms with Crippen molar-refractivity contribution in [2.45, 2.75) is 19.9 Å². The van der Waals surface area contributed by atoms with Crippen molar-refractivity contribution in [3.8, 4) is 5.75 Å². The Bertz CT molecular complexity index is 792. The highest BCUT2D eigenvalue weighted by atomic mass is 79.9. The van der Waals surface area contributed by atoms with E-state index < -0.39 is 0 Å². The summed E-state index contributed by atoms with van der Waals surface area (Å²) in [5.41, 5.74) is 0.759. The van der Waals surface area contributed by atoms with Gasteiger partial charge in [0.15, 0.2) is 5.11 Å². The van der Waals surface area contributed by atoms with Gasteiger partial charge in [-0.25, -0.2) is 0 Å². The Kier molecular flexibility index (Phi) is 7.02. The molecular weight excluding hydrogens is 408 g/mol. The van der Waals surface area contributed by atoms with Gasteiger partial charge in [-0.3, -0.25) is 15.4 Å². The number of nitrogens with zero attached hydrogens (tertiary/aromatic N) is 4. The van der Waals surface area contributed by atoms with Gasteiger partial charge in [-0.2, -0.15) is 4.80 Å². The van der Waals surface area contributed by atoms with Crippen LogP contribution in [0, 0.1) is 0 Å². The quantitative estimate of drug-likeness (QED) is 0.542. The summed E-state index contributed by atoms with van der Waals surface area (Å²) >= 11 is 8.44. The van der Waals surface area contributed by atoms with E-state index in [4.69, 9.17) is 17.0 Å². The molecule has 0 aliphatic carbocycles. The first-order valence-corrected chi connectivity index (χ1v) is 8.63. The number of halogens is 1. The van der Waals surface area contributed by atoms with Gasteiger partial charge in [0.1, 0.15) is 5.75 Å². The Balaban J connectivity index is 1.92. The van der Waals surface area contributed by atoms with Crippen molar-refractivity contribution in [1.29, 1.82) is 0 Å². The standard InChI is InChI=1S/C15H17BrN6O2S/c1-3-8-22-20-14(19-21-22)18-15(25)17-13(23)7-4-10-9-11(16)5-6-12(10)24-2/h4-7,9H,3,8H2,1-2H3,(H2,17,18,20,23,25)/b7-4+.